The quantitative estimate of drug-likeness (QED) is 0.177. The maximum atomic E-state index is 6.72. The standard InChI is InChI=1S/C62H37NO2S/c1-4-19-45-40(16-1)43-36-38(32-34-47(43)61(45)48-21-6-10-27-54(48)64-55-28-11-7-22-49(55)61)63(39-33-35-59-44(37-39)41-17-3-14-31-58(41)66-59)53-26-15-25-52-60(53)42-18-2-5-20-46(42)62(52)50-23-8-12-29-56(50)65-57-30-13-9-24-51(57)62/h1-37H. The lowest BCUT2D eigenvalue weighted by molar-refractivity contribution is 0.436. The molecule has 15 rings (SSSR count). The van der Waals surface area contributed by atoms with Gasteiger partial charge in [0.2, 0.25) is 0 Å². The summed E-state index contributed by atoms with van der Waals surface area (Å²) in [5.74, 6) is 3.56. The highest BCUT2D eigenvalue weighted by Crippen LogP contribution is 2.66. The van der Waals surface area contributed by atoms with Crippen molar-refractivity contribution < 1.29 is 9.47 Å². The monoisotopic (exact) mass is 859 g/mol. The fourth-order valence-electron chi connectivity index (χ4n) is 12.3. The highest BCUT2D eigenvalue weighted by molar-refractivity contribution is 7.25. The van der Waals surface area contributed by atoms with E-state index in [4.69, 9.17) is 9.47 Å². The lowest BCUT2D eigenvalue weighted by atomic mass is 9.66. The van der Waals surface area contributed by atoms with E-state index in [1.165, 1.54) is 64.7 Å². The summed E-state index contributed by atoms with van der Waals surface area (Å²) in [5, 5.41) is 2.54. The largest absolute Gasteiger partial charge is 0.457 e. The van der Waals surface area contributed by atoms with Crippen LogP contribution in [0.1, 0.15) is 44.5 Å². The van der Waals surface area contributed by atoms with E-state index in [1.54, 1.807) is 0 Å². The first-order valence-corrected chi connectivity index (χ1v) is 23.5. The van der Waals surface area contributed by atoms with Gasteiger partial charge in [-0.3, -0.25) is 0 Å². The zero-order chi connectivity index (χ0) is 43.1. The average Bonchev–Trinajstić information content (AvgIpc) is 4.00. The molecule has 1 aromatic heterocycles. The third kappa shape index (κ3) is 4.51. The van der Waals surface area contributed by atoms with Gasteiger partial charge in [0.05, 0.1) is 16.5 Å². The van der Waals surface area contributed by atoms with E-state index >= 15 is 0 Å². The molecule has 2 aliphatic heterocycles. The summed E-state index contributed by atoms with van der Waals surface area (Å²) in [6.07, 6.45) is 0. The van der Waals surface area contributed by atoms with Crippen LogP contribution >= 0.6 is 11.3 Å². The van der Waals surface area contributed by atoms with Crippen molar-refractivity contribution in [2.45, 2.75) is 10.8 Å². The number of para-hydroxylation sites is 4. The molecular formula is C62H37NO2S. The molecule has 4 heteroatoms. The van der Waals surface area contributed by atoms with Crippen LogP contribution in [0.3, 0.4) is 0 Å². The maximum absolute atomic E-state index is 6.72. The van der Waals surface area contributed by atoms with Gasteiger partial charge in [0, 0.05) is 59.4 Å². The zero-order valence-corrected chi connectivity index (χ0v) is 36.4. The van der Waals surface area contributed by atoms with Crippen molar-refractivity contribution in [3.8, 4) is 45.3 Å². The number of anilines is 3. The van der Waals surface area contributed by atoms with Crippen molar-refractivity contribution in [1.82, 2.24) is 0 Å². The van der Waals surface area contributed by atoms with Crippen LogP contribution in [0, 0.1) is 0 Å². The van der Waals surface area contributed by atoms with Gasteiger partial charge in [-0.2, -0.15) is 0 Å². The zero-order valence-electron chi connectivity index (χ0n) is 35.5. The Morgan fingerprint density at radius 1 is 0.318 bits per heavy atom. The van der Waals surface area contributed by atoms with Crippen molar-refractivity contribution >= 4 is 48.6 Å². The van der Waals surface area contributed by atoms with E-state index in [9.17, 15) is 0 Å². The molecule has 0 amide bonds. The number of thiophene rings is 1. The van der Waals surface area contributed by atoms with Gasteiger partial charge in [0.15, 0.2) is 0 Å². The molecule has 4 aliphatic rings. The van der Waals surface area contributed by atoms with Crippen molar-refractivity contribution in [2.75, 3.05) is 4.90 Å². The molecule has 0 unspecified atom stereocenters. The van der Waals surface area contributed by atoms with Crippen LogP contribution in [0.5, 0.6) is 23.0 Å². The van der Waals surface area contributed by atoms with E-state index in [1.807, 2.05) is 11.3 Å². The first-order chi connectivity index (χ1) is 32.7. The lowest BCUT2D eigenvalue weighted by Gasteiger charge is -2.39. The number of rotatable bonds is 3. The van der Waals surface area contributed by atoms with E-state index in [-0.39, 0.29) is 0 Å². The Hall–Kier alpha value is -8.18. The van der Waals surface area contributed by atoms with Gasteiger partial charge in [0.25, 0.3) is 0 Å². The Bertz CT molecular complexity index is 3790. The van der Waals surface area contributed by atoms with Crippen molar-refractivity contribution in [2.24, 2.45) is 0 Å². The Morgan fingerprint density at radius 2 is 0.773 bits per heavy atom. The van der Waals surface area contributed by atoms with Crippen LogP contribution in [0.15, 0.2) is 224 Å². The molecular weight excluding hydrogens is 823 g/mol. The topological polar surface area (TPSA) is 21.7 Å². The Morgan fingerprint density at radius 3 is 1.42 bits per heavy atom. The van der Waals surface area contributed by atoms with Gasteiger partial charge in [-0.1, -0.05) is 158 Å². The summed E-state index contributed by atoms with van der Waals surface area (Å²) in [6, 6.07) is 82.5. The van der Waals surface area contributed by atoms with Gasteiger partial charge < -0.3 is 14.4 Å². The van der Waals surface area contributed by atoms with Gasteiger partial charge >= 0.3 is 0 Å². The summed E-state index contributed by atoms with van der Waals surface area (Å²) in [6.45, 7) is 0. The first kappa shape index (κ1) is 36.2. The molecule has 0 atom stereocenters. The molecule has 0 radical (unpaired) electrons. The molecule has 0 saturated carbocycles. The molecule has 308 valence electrons. The van der Waals surface area contributed by atoms with Crippen LogP contribution in [-0.4, -0.2) is 0 Å². The summed E-state index contributed by atoms with van der Waals surface area (Å²) >= 11 is 1.86. The summed E-state index contributed by atoms with van der Waals surface area (Å²) < 4.78 is 16.0. The third-order valence-corrected chi connectivity index (χ3v) is 15.9. The van der Waals surface area contributed by atoms with Crippen LogP contribution in [-0.2, 0) is 10.8 Å². The molecule has 66 heavy (non-hydrogen) atoms. The van der Waals surface area contributed by atoms with E-state index in [0.29, 0.717) is 0 Å². The molecule has 11 aromatic rings. The molecule has 0 N–H and O–H groups in total. The maximum Gasteiger partial charge on any atom is 0.132 e. The van der Waals surface area contributed by atoms with Crippen LogP contribution in [0.25, 0.3) is 42.4 Å². The SMILES string of the molecule is c1ccc2c(c1)Oc1ccccc1C21c2ccccc2-c2cc(N(c3ccc4sc5ccccc5c4c3)c3cccc4c3-c3ccccc3C43c4ccccc4Oc4ccccc43)ccc21. The second kappa shape index (κ2) is 13.2. The van der Waals surface area contributed by atoms with Crippen molar-refractivity contribution in [3.63, 3.8) is 0 Å². The predicted molar refractivity (Wildman–Crippen MR) is 269 cm³/mol. The molecule has 0 bridgehead atoms. The molecule has 0 saturated heterocycles. The number of nitrogens with zero attached hydrogens (tertiary/aromatic N) is 1. The normalized spacial score (nSPS) is 14.5. The Labute approximate surface area is 386 Å². The highest BCUT2D eigenvalue weighted by atomic mass is 32.1. The van der Waals surface area contributed by atoms with E-state index in [0.717, 1.165) is 62.3 Å². The number of benzene rings is 10. The second-order valence-corrected chi connectivity index (χ2v) is 18.9. The summed E-state index contributed by atoms with van der Waals surface area (Å²) in [7, 11) is 0. The minimum absolute atomic E-state index is 0.557. The minimum Gasteiger partial charge on any atom is -0.457 e. The van der Waals surface area contributed by atoms with Gasteiger partial charge in [-0.15, -0.1) is 11.3 Å². The number of fused-ring (bicyclic) bond motifs is 21. The average molecular weight is 860 g/mol. The second-order valence-electron chi connectivity index (χ2n) is 17.8. The van der Waals surface area contributed by atoms with Crippen LogP contribution in [0.2, 0.25) is 0 Å². The molecule has 10 aromatic carbocycles. The van der Waals surface area contributed by atoms with Crippen LogP contribution in [0.4, 0.5) is 17.1 Å². The molecule has 3 heterocycles. The minimum atomic E-state index is -0.598. The Kier molecular flexibility index (Phi) is 7.24. The fourth-order valence-corrected chi connectivity index (χ4v) is 13.4. The molecule has 2 aliphatic carbocycles. The van der Waals surface area contributed by atoms with Gasteiger partial charge in [0.1, 0.15) is 23.0 Å². The van der Waals surface area contributed by atoms with Gasteiger partial charge in [-0.25, -0.2) is 0 Å². The lowest BCUT2D eigenvalue weighted by Crippen LogP contribution is -2.32. The number of ether oxygens (including phenoxy) is 2. The van der Waals surface area contributed by atoms with Crippen molar-refractivity contribution in [3.05, 3.63) is 269 Å². The predicted octanol–water partition coefficient (Wildman–Crippen LogP) is 16.5. The molecule has 2 spiro atoms. The van der Waals surface area contributed by atoms with E-state index < -0.39 is 10.8 Å². The number of hydrogen-bond donors (Lipinski definition) is 0. The molecule has 3 nitrogen and oxygen atoms in total. The Balaban J connectivity index is 1.03. The first-order valence-electron chi connectivity index (χ1n) is 22.7. The highest BCUT2D eigenvalue weighted by Gasteiger charge is 2.53. The van der Waals surface area contributed by atoms with Crippen LogP contribution < -0.4 is 14.4 Å². The summed E-state index contributed by atoms with van der Waals surface area (Å²) in [4.78, 5) is 2.53. The fraction of sp³-hybridized carbons (Fsp3) is 0.0323. The third-order valence-electron chi connectivity index (χ3n) is 14.8. The number of hydrogen-bond acceptors (Lipinski definition) is 4. The summed E-state index contributed by atoms with van der Waals surface area (Å²) in [5.41, 5.74) is 16.7. The van der Waals surface area contributed by atoms with Gasteiger partial charge in [-0.05, 0) is 106 Å². The van der Waals surface area contributed by atoms with E-state index in [2.05, 4.69) is 229 Å². The molecule has 0 fully saturated rings. The van der Waals surface area contributed by atoms with Crippen molar-refractivity contribution in [1.29, 1.82) is 0 Å². The smallest absolute Gasteiger partial charge is 0.132 e.